The van der Waals surface area contributed by atoms with Gasteiger partial charge in [-0.2, -0.15) is 5.10 Å². The molecule has 4 aromatic heterocycles. The fraction of sp³-hybridized carbons (Fsp3) is 0.167. The van der Waals surface area contributed by atoms with Gasteiger partial charge in [-0.25, -0.2) is 14.5 Å². The van der Waals surface area contributed by atoms with Crippen molar-refractivity contribution in [2.24, 2.45) is 0 Å². The van der Waals surface area contributed by atoms with E-state index in [-0.39, 0.29) is 0 Å². The molecule has 4 heterocycles. The SMILES string of the molecule is Cc1cccc(-c2[nH]c(CN(C)Cc3ccccc3)nc2-c2ccc3ncnn3c2)n1. The third-order valence-electron chi connectivity index (χ3n) is 5.16. The number of imidazole rings is 1. The Hall–Kier alpha value is -3.84. The lowest BCUT2D eigenvalue weighted by Crippen LogP contribution is -2.18. The van der Waals surface area contributed by atoms with E-state index in [9.17, 15) is 0 Å². The van der Waals surface area contributed by atoms with Gasteiger partial charge in [0, 0.05) is 24.0 Å². The quantitative estimate of drug-likeness (QED) is 0.457. The molecule has 7 nitrogen and oxygen atoms in total. The third kappa shape index (κ3) is 4.08. The normalized spacial score (nSPS) is 11.5. The minimum atomic E-state index is 0.694. The standard InChI is InChI=1S/C24H23N7/c1-17-7-6-10-20(27-17)24-23(19-11-12-22-25-16-26-31(22)14-19)28-21(29-24)15-30(2)13-18-8-4-3-5-9-18/h3-12,14,16H,13,15H2,1-2H3,(H,28,29). The number of aromatic nitrogens is 6. The molecule has 0 bridgehead atoms. The first-order valence-electron chi connectivity index (χ1n) is 10.2. The zero-order valence-electron chi connectivity index (χ0n) is 17.5. The van der Waals surface area contributed by atoms with E-state index in [1.54, 1.807) is 10.8 Å². The number of hydrogen-bond donors (Lipinski definition) is 1. The first-order valence-corrected chi connectivity index (χ1v) is 10.2. The van der Waals surface area contributed by atoms with Gasteiger partial charge in [0.25, 0.3) is 0 Å². The lowest BCUT2D eigenvalue weighted by Gasteiger charge is -2.15. The van der Waals surface area contributed by atoms with Crippen LogP contribution in [0.1, 0.15) is 17.1 Å². The summed E-state index contributed by atoms with van der Waals surface area (Å²) in [5.41, 5.74) is 6.64. The number of benzene rings is 1. The average molecular weight is 409 g/mol. The van der Waals surface area contributed by atoms with E-state index in [1.807, 2.05) is 49.5 Å². The Kier molecular flexibility index (Phi) is 5.01. The van der Waals surface area contributed by atoms with E-state index in [2.05, 4.69) is 51.3 Å². The summed E-state index contributed by atoms with van der Waals surface area (Å²) in [4.78, 5) is 19.7. The van der Waals surface area contributed by atoms with Crippen LogP contribution in [0.5, 0.6) is 0 Å². The maximum absolute atomic E-state index is 4.96. The van der Waals surface area contributed by atoms with Crippen molar-refractivity contribution < 1.29 is 0 Å². The predicted molar refractivity (Wildman–Crippen MR) is 120 cm³/mol. The van der Waals surface area contributed by atoms with E-state index in [4.69, 9.17) is 9.97 Å². The van der Waals surface area contributed by atoms with Crippen molar-refractivity contribution in [3.63, 3.8) is 0 Å². The molecule has 5 rings (SSSR count). The smallest absolute Gasteiger partial charge is 0.155 e. The fourth-order valence-corrected chi connectivity index (χ4v) is 3.74. The van der Waals surface area contributed by atoms with Crippen LogP contribution >= 0.6 is 0 Å². The van der Waals surface area contributed by atoms with Gasteiger partial charge in [-0.05, 0) is 43.8 Å². The van der Waals surface area contributed by atoms with Gasteiger partial charge in [0.2, 0.25) is 0 Å². The molecule has 0 spiro atoms. The summed E-state index contributed by atoms with van der Waals surface area (Å²) in [6.07, 6.45) is 3.51. The molecule has 0 aliphatic rings. The summed E-state index contributed by atoms with van der Waals surface area (Å²) in [6, 6.07) is 20.4. The van der Waals surface area contributed by atoms with Gasteiger partial charge in [0.1, 0.15) is 12.2 Å². The minimum absolute atomic E-state index is 0.694. The Morgan fingerprint density at radius 3 is 2.65 bits per heavy atom. The van der Waals surface area contributed by atoms with Crippen LogP contribution in [0, 0.1) is 6.92 Å². The molecule has 0 aliphatic heterocycles. The van der Waals surface area contributed by atoms with Crippen molar-refractivity contribution in [2.45, 2.75) is 20.0 Å². The van der Waals surface area contributed by atoms with Crippen molar-refractivity contribution in [1.29, 1.82) is 0 Å². The van der Waals surface area contributed by atoms with Crippen molar-refractivity contribution in [3.05, 3.63) is 90.3 Å². The van der Waals surface area contributed by atoms with Gasteiger partial charge < -0.3 is 4.98 Å². The lowest BCUT2D eigenvalue weighted by atomic mass is 10.1. The average Bonchev–Trinajstić information content (AvgIpc) is 3.40. The van der Waals surface area contributed by atoms with Crippen LogP contribution in [-0.2, 0) is 13.1 Å². The second-order valence-electron chi connectivity index (χ2n) is 7.71. The molecule has 1 aromatic carbocycles. The third-order valence-corrected chi connectivity index (χ3v) is 5.16. The van der Waals surface area contributed by atoms with Gasteiger partial charge in [0.05, 0.1) is 23.6 Å². The maximum Gasteiger partial charge on any atom is 0.155 e. The molecule has 0 aliphatic carbocycles. The van der Waals surface area contributed by atoms with Gasteiger partial charge in [0.15, 0.2) is 5.65 Å². The molecule has 154 valence electrons. The lowest BCUT2D eigenvalue weighted by molar-refractivity contribution is 0.312. The molecule has 5 aromatic rings. The van der Waals surface area contributed by atoms with Gasteiger partial charge in [-0.3, -0.25) is 9.88 Å². The topological polar surface area (TPSA) is 75.0 Å². The van der Waals surface area contributed by atoms with Gasteiger partial charge >= 0.3 is 0 Å². The molecule has 0 atom stereocenters. The molecule has 0 saturated heterocycles. The molecule has 0 amide bonds. The van der Waals surface area contributed by atoms with Crippen molar-refractivity contribution in [3.8, 4) is 22.6 Å². The number of aromatic amines is 1. The molecule has 0 unspecified atom stereocenters. The summed E-state index contributed by atoms with van der Waals surface area (Å²) in [6.45, 7) is 3.54. The molecular formula is C24H23N7. The summed E-state index contributed by atoms with van der Waals surface area (Å²) in [7, 11) is 2.10. The highest BCUT2D eigenvalue weighted by atomic mass is 15.3. The van der Waals surface area contributed by atoms with E-state index in [1.165, 1.54) is 5.56 Å². The first kappa shape index (κ1) is 19.1. The first-order chi connectivity index (χ1) is 15.2. The number of H-pyrrole nitrogens is 1. The van der Waals surface area contributed by atoms with E-state index < -0.39 is 0 Å². The van der Waals surface area contributed by atoms with Gasteiger partial charge in [-0.1, -0.05) is 36.4 Å². The summed E-state index contributed by atoms with van der Waals surface area (Å²) >= 11 is 0. The molecule has 7 heteroatoms. The van der Waals surface area contributed by atoms with Crippen LogP contribution in [0.15, 0.2) is 73.2 Å². The number of nitrogens with one attached hydrogen (secondary N) is 1. The van der Waals surface area contributed by atoms with Crippen LogP contribution in [-0.4, -0.2) is 41.5 Å². The number of pyridine rings is 2. The van der Waals surface area contributed by atoms with Crippen molar-refractivity contribution in [2.75, 3.05) is 7.05 Å². The molecule has 0 radical (unpaired) electrons. The molecule has 1 N–H and O–H groups in total. The second kappa shape index (κ2) is 8.12. The van der Waals surface area contributed by atoms with Crippen LogP contribution in [0.25, 0.3) is 28.3 Å². The predicted octanol–water partition coefficient (Wildman–Crippen LogP) is 4.12. The summed E-state index contributed by atoms with van der Waals surface area (Å²) in [5, 5.41) is 4.27. The highest BCUT2D eigenvalue weighted by Crippen LogP contribution is 2.29. The van der Waals surface area contributed by atoms with Gasteiger partial charge in [-0.15, -0.1) is 0 Å². The monoisotopic (exact) mass is 409 g/mol. The summed E-state index contributed by atoms with van der Waals surface area (Å²) < 4.78 is 1.76. The number of fused-ring (bicyclic) bond motifs is 1. The number of aryl methyl sites for hydroxylation is 1. The number of nitrogens with zero attached hydrogens (tertiary/aromatic N) is 6. The number of rotatable bonds is 6. The highest BCUT2D eigenvalue weighted by molar-refractivity contribution is 5.77. The van der Waals surface area contributed by atoms with E-state index >= 15 is 0 Å². The minimum Gasteiger partial charge on any atom is -0.339 e. The van der Waals surface area contributed by atoms with E-state index in [0.29, 0.717) is 6.54 Å². The fourth-order valence-electron chi connectivity index (χ4n) is 3.74. The Balaban J connectivity index is 1.51. The van der Waals surface area contributed by atoms with Crippen LogP contribution < -0.4 is 0 Å². The molecular weight excluding hydrogens is 386 g/mol. The summed E-state index contributed by atoms with van der Waals surface area (Å²) in [5.74, 6) is 0.894. The Labute approximate surface area is 180 Å². The van der Waals surface area contributed by atoms with Crippen LogP contribution in [0.3, 0.4) is 0 Å². The Morgan fingerprint density at radius 1 is 0.935 bits per heavy atom. The molecule has 0 fully saturated rings. The Morgan fingerprint density at radius 2 is 1.81 bits per heavy atom. The van der Waals surface area contributed by atoms with Crippen molar-refractivity contribution in [1.82, 2.24) is 34.4 Å². The molecule has 31 heavy (non-hydrogen) atoms. The number of hydrogen-bond acceptors (Lipinski definition) is 5. The molecule has 0 saturated carbocycles. The zero-order valence-corrected chi connectivity index (χ0v) is 17.5. The Bertz CT molecular complexity index is 1320. The van der Waals surface area contributed by atoms with E-state index in [0.717, 1.165) is 46.4 Å². The van der Waals surface area contributed by atoms with Crippen LogP contribution in [0.4, 0.5) is 0 Å². The largest absolute Gasteiger partial charge is 0.339 e. The zero-order chi connectivity index (χ0) is 21.2. The maximum atomic E-state index is 4.96. The second-order valence-corrected chi connectivity index (χ2v) is 7.71. The highest BCUT2D eigenvalue weighted by Gasteiger charge is 2.17. The van der Waals surface area contributed by atoms with Crippen molar-refractivity contribution >= 4 is 5.65 Å². The van der Waals surface area contributed by atoms with Crippen LogP contribution in [0.2, 0.25) is 0 Å².